The van der Waals surface area contributed by atoms with Crippen LogP contribution in [0, 0.1) is 0 Å². The van der Waals surface area contributed by atoms with Crippen molar-refractivity contribution in [3.63, 3.8) is 0 Å². The van der Waals surface area contributed by atoms with E-state index in [1.165, 1.54) is 6.92 Å². The predicted octanol–water partition coefficient (Wildman–Crippen LogP) is -1.62. The van der Waals surface area contributed by atoms with Crippen LogP contribution in [-0.2, 0) is 14.4 Å². The largest absolute Gasteiger partial charge is 0.479 e. The predicted molar refractivity (Wildman–Crippen MR) is 45.5 cm³/mol. The highest BCUT2D eigenvalue weighted by molar-refractivity contribution is 6.06. The van der Waals surface area contributed by atoms with Crippen LogP contribution in [0.5, 0.6) is 0 Å². The molecule has 1 amide bonds. The number of carboxylic acids is 2. The lowest BCUT2D eigenvalue weighted by Crippen LogP contribution is -2.60. The third kappa shape index (κ3) is 2.43. The van der Waals surface area contributed by atoms with Crippen LogP contribution in [0.4, 0.5) is 0 Å². The third-order valence-corrected chi connectivity index (χ3v) is 1.64. The monoisotopic (exact) mass is 204 g/mol. The molecule has 0 aromatic heterocycles. The highest BCUT2D eigenvalue weighted by atomic mass is 16.4. The van der Waals surface area contributed by atoms with Crippen molar-refractivity contribution in [1.82, 2.24) is 5.32 Å². The number of hydrogen-bond acceptors (Lipinski definition) is 4. The van der Waals surface area contributed by atoms with Crippen molar-refractivity contribution in [3.8, 4) is 0 Å². The molecular formula is C7H12N2O5. The Bertz CT molecular complexity index is 259. The highest BCUT2D eigenvalue weighted by Gasteiger charge is 2.43. The molecule has 5 N–H and O–H groups in total. The number of nitrogens with two attached hydrogens (primary N) is 1. The number of nitrogens with one attached hydrogen (secondary N) is 1. The Morgan fingerprint density at radius 3 is 1.86 bits per heavy atom. The summed E-state index contributed by atoms with van der Waals surface area (Å²) in [6.07, 6.45) is 0. The number of amides is 1. The van der Waals surface area contributed by atoms with E-state index in [0.29, 0.717) is 0 Å². The van der Waals surface area contributed by atoms with Crippen LogP contribution < -0.4 is 11.1 Å². The Morgan fingerprint density at radius 2 is 1.64 bits per heavy atom. The minimum absolute atomic E-state index is 0.836. The summed E-state index contributed by atoms with van der Waals surface area (Å²) in [5, 5.41) is 19.0. The lowest BCUT2D eigenvalue weighted by Gasteiger charge is -2.22. The standard InChI is InChI=1S/C7H12N2O5/c1-3(8)4(10)9-7(2,5(11)12)6(13)14/h3H,8H2,1-2H3,(H,9,10)(H,11,12)(H,13,14)/t3-/m0/s1. The summed E-state index contributed by atoms with van der Waals surface area (Å²) in [6, 6.07) is -0.965. The van der Waals surface area contributed by atoms with E-state index in [9.17, 15) is 14.4 Å². The molecule has 0 bridgehead atoms. The van der Waals surface area contributed by atoms with Gasteiger partial charge in [-0.3, -0.25) is 4.79 Å². The molecule has 0 fully saturated rings. The molecule has 0 saturated heterocycles. The quantitative estimate of drug-likeness (QED) is 0.407. The molecule has 0 aromatic carbocycles. The number of rotatable bonds is 4. The molecule has 0 heterocycles. The molecule has 80 valence electrons. The maximum absolute atomic E-state index is 11.0. The molecule has 0 aromatic rings. The van der Waals surface area contributed by atoms with Crippen LogP contribution >= 0.6 is 0 Å². The van der Waals surface area contributed by atoms with E-state index in [4.69, 9.17) is 15.9 Å². The maximum atomic E-state index is 11.0. The van der Waals surface area contributed by atoms with Gasteiger partial charge < -0.3 is 21.3 Å². The van der Waals surface area contributed by atoms with Crippen molar-refractivity contribution in [2.24, 2.45) is 5.73 Å². The number of aliphatic carboxylic acids is 2. The lowest BCUT2D eigenvalue weighted by molar-refractivity contribution is -0.160. The summed E-state index contributed by atoms with van der Waals surface area (Å²) in [6.45, 7) is 2.19. The van der Waals surface area contributed by atoms with Gasteiger partial charge in [-0.1, -0.05) is 0 Å². The highest BCUT2D eigenvalue weighted by Crippen LogP contribution is 2.04. The Labute approximate surface area is 79.9 Å². The van der Waals surface area contributed by atoms with E-state index in [2.05, 4.69) is 0 Å². The normalized spacial score (nSPS) is 13.1. The first-order valence-electron chi connectivity index (χ1n) is 3.76. The second kappa shape index (κ2) is 4.05. The van der Waals surface area contributed by atoms with E-state index in [0.717, 1.165) is 6.92 Å². The second-order valence-electron chi connectivity index (χ2n) is 3.01. The van der Waals surface area contributed by atoms with E-state index >= 15 is 0 Å². The number of carboxylic acid groups (broad SMARTS) is 2. The summed E-state index contributed by atoms with van der Waals surface area (Å²) < 4.78 is 0. The molecule has 0 radical (unpaired) electrons. The molecule has 0 saturated carbocycles. The Hall–Kier alpha value is -1.63. The van der Waals surface area contributed by atoms with Crippen molar-refractivity contribution >= 4 is 17.8 Å². The fourth-order valence-electron chi connectivity index (χ4n) is 0.559. The zero-order valence-electron chi connectivity index (χ0n) is 7.77. The van der Waals surface area contributed by atoms with E-state index < -0.39 is 29.4 Å². The molecular weight excluding hydrogens is 192 g/mol. The number of carbonyl (C=O) groups excluding carboxylic acids is 1. The summed E-state index contributed by atoms with van der Waals surface area (Å²) in [4.78, 5) is 32.2. The minimum atomic E-state index is -2.34. The van der Waals surface area contributed by atoms with E-state index in [1.54, 1.807) is 0 Å². The fourth-order valence-corrected chi connectivity index (χ4v) is 0.559. The molecule has 14 heavy (non-hydrogen) atoms. The Morgan fingerprint density at radius 1 is 1.29 bits per heavy atom. The van der Waals surface area contributed by atoms with Gasteiger partial charge in [0.1, 0.15) is 0 Å². The molecule has 1 atom stereocenters. The Kier molecular flexibility index (Phi) is 3.58. The maximum Gasteiger partial charge on any atom is 0.340 e. The van der Waals surface area contributed by atoms with E-state index in [-0.39, 0.29) is 0 Å². The van der Waals surface area contributed by atoms with Gasteiger partial charge in [0.25, 0.3) is 0 Å². The van der Waals surface area contributed by atoms with Gasteiger partial charge in [-0.15, -0.1) is 0 Å². The molecule has 0 rings (SSSR count). The van der Waals surface area contributed by atoms with Crippen LogP contribution in [0.1, 0.15) is 13.8 Å². The molecule has 7 nitrogen and oxygen atoms in total. The molecule has 0 spiro atoms. The summed E-state index contributed by atoms with van der Waals surface area (Å²) >= 11 is 0. The van der Waals surface area contributed by atoms with Crippen molar-refractivity contribution in [2.45, 2.75) is 25.4 Å². The smallest absolute Gasteiger partial charge is 0.340 e. The van der Waals surface area contributed by atoms with Crippen molar-refractivity contribution in [3.05, 3.63) is 0 Å². The van der Waals surface area contributed by atoms with Gasteiger partial charge in [0.05, 0.1) is 6.04 Å². The van der Waals surface area contributed by atoms with Crippen LogP contribution in [0.2, 0.25) is 0 Å². The van der Waals surface area contributed by atoms with E-state index in [1.807, 2.05) is 5.32 Å². The third-order valence-electron chi connectivity index (χ3n) is 1.64. The zero-order chi connectivity index (χ0) is 11.5. The first-order valence-corrected chi connectivity index (χ1v) is 3.76. The average Bonchev–Trinajstić information content (AvgIpc) is 2.02. The lowest BCUT2D eigenvalue weighted by atomic mass is 10.0. The fraction of sp³-hybridized carbons (Fsp3) is 0.571. The first-order chi connectivity index (χ1) is 6.21. The number of hydrogen-bond donors (Lipinski definition) is 4. The molecule has 0 aliphatic heterocycles. The topological polar surface area (TPSA) is 130 Å². The van der Waals surface area contributed by atoms with Crippen LogP contribution in [0.25, 0.3) is 0 Å². The SMILES string of the molecule is C[C@H](N)C(=O)NC(C)(C(=O)O)C(=O)O. The summed E-state index contributed by atoms with van der Waals surface area (Å²) in [7, 11) is 0. The number of carbonyl (C=O) groups is 3. The average molecular weight is 204 g/mol. The molecule has 0 aliphatic carbocycles. The molecule has 0 aliphatic rings. The second-order valence-corrected chi connectivity index (χ2v) is 3.01. The van der Waals surface area contributed by atoms with Gasteiger partial charge in [-0.2, -0.15) is 0 Å². The Balaban J connectivity index is 4.80. The van der Waals surface area contributed by atoms with Crippen molar-refractivity contribution in [1.29, 1.82) is 0 Å². The van der Waals surface area contributed by atoms with Gasteiger partial charge in [-0.25, -0.2) is 9.59 Å². The van der Waals surface area contributed by atoms with Crippen LogP contribution in [-0.4, -0.2) is 39.6 Å². The van der Waals surface area contributed by atoms with Gasteiger partial charge in [0, 0.05) is 0 Å². The van der Waals surface area contributed by atoms with Gasteiger partial charge in [-0.05, 0) is 13.8 Å². The zero-order valence-corrected chi connectivity index (χ0v) is 7.77. The molecule has 7 heteroatoms. The first kappa shape index (κ1) is 12.4. The van der Waals surface area contributed by atoms with Gasteiger partial charge in [0.15, 0.2) is 0 Å². The van der Waals surface area contributed by atoms with Crippen LogP contribution in [0.15, 0.2) is 0 Å². The minimum Gasteiger partial charge on any atom is -0.479 e. The van der Waals surface area contributed by atoms with Crippen LogP contribution in [0.3, 0.4) is 0 Å². The van der Waals surface area contributed by atoms with Gasteiger partial charge in [0.2, 0.25) is 11.4 Å². The summed E-state index contributed by atoms with van der Waals surface area (Å²) in [5.74, 6) is -4.14. The van der Waals surface area contributed by atoms with Crippen molar-refractivity contribution in [2.75, 3.05) is 0 Å². The molecule has 0 unspecified atom stereocenters. The van der Waals surface area contributed by atoms with Gasteiger partial charge >= 0.3 is 11.9 Å². The summed E-state index contributed by atoms with van der Waals surface area (Å²) in [5.41, 5.74) is 2.80. The van der Waals surface area contributed by atoms with Crippen molar-refractivity contribution < 1.29 is 24.6 Å².